The largest absolute Gasteiger partial charge is 0.340 e. The third-order valence-corrected chi connectivity index (χ3v) is 4.55. The fourth-order valence-corrected chi connectivity index (χ4v) is 3.19. The highest BCUT2D eigenvalue weighted by Gasteiger charge is 2.30. The average molecular weight is 310 g/mol. The Hall–Kier alpha value is -2.36. The second-order valence-electron chi connectivity index (χ2n) is 6.25. The molecule has 3 rings (SSSR count). The van der Waals surface area contributed by atoms with Gasteiger partial charge < -0.3 is 9.47 Å². The van der Waals surface area contributed by atoms with Crippen molar-refractivity contribution >= 4 is 22.6 Å². The summed E-state index contributed by atoms with van der Waals surface area (Å²) in [7, 11) is 0. The number of ketones is 1. The molecule has 120 valence electrons. The second-order valence-corrected chi connectivity index (χ2v) is 6.25. The lowest BCUT2D eigenvalue weighted by atomic mass is 9.94. The molecule has 0 atom stereocenters. The molecule has 0 aliphatic carbocycles. The number of aryl methyl sites for hydroxylation is 1. The maximum atomic E-state index is 12.3. The lowest BCUT2D eigenvalue weighted by molar-refractivity contribution is -0.134. The number of rotatable bonds is 6. The number of nitrogens with zero attached hydrogens (tertiary/aromatic N) is 2. The molecule has 1 amide bonds. The summed E-state index contributed by atoms with van der Waals surface area (Å²) in [6.07, 6.45) is 4.86. The second kappa shape index (κ2) is 6.41. The van der Waals surface area contributed by atoms with Crippen molar-refractivity contribution in [3.63, 3.8) is 0 Å². The van der Waals surface area contributed by atoms with Gasteiger partial charge in [0.05, 0.1) is 6.54 Å². The van der Waals surface area contributed by atoms with Crippen molar-refractivity contribution in [3.8, 4) is 0 Å². The van der Waals surface area contributed by atoms with E-state index >= 15 is 0 Å². The molecule has 1 aromatic carbocycles. The van der Waals surface area contributed by atoms with Gasteiger partial charge in [-0.2, -0.15) is 0 Å². The van der Waals surface area contributed by atoms with Crippen LogP contribution in [0.2, 0.25) is 0 Å². The quantitative estimate of drug-likeness (QED) is 0.770. The van der Waals surface area contributed by atoms with E-state index in [1.807, 2.05) is 10.8 Å². The van der Waals surface area contributed by atoms with Crippen LogP contribution in [0.3, 0.4) is 0 Å². The summed E-state index contributed by atoms with van der Waals surface area (Å²) in [6.45, 7) is 7.36. The SMILES string of the molecule is C=CC(=O)N1CC(CC(=O)Cn2ccc3cc(CC)ccc32)C1. The predicted octanol–water partition coefficient (Wildman–Crippen LogP) is 2.81. The van der Waals surface area contributed by atoms with Gasteiger partial charge >= 0.3 is 0 Å². The van der Waals surface area contributed by atoms with Crippen LogP contribution in [0.5, 0.6) is 0 Å². The zero-order chi connectivity index (χ0) is 16.4. The smallest absolute Gasteiger partial charge is 0.245 e. The Kier molecular flexibility index (Phi) is 4.33. The molecule has 2 heterocycles. The summed E-state index contributed by atoms with van der Waals surface area (Å²) in [4.78, 5) is 25.4. The lowest BCUT2D eigenvalue weighted by Crippen LogP contribution is -2.50. The van der Waals surface area contributed by atoms with Gasteiger partial charge in [-0.1, -0.05) is 19.6 Å². The predicted molar refractivity (Wildman–Crippen MR) is 91.2 cm³/mol. The van der Waals surface area contributed by atoms with Crippen molar-refractivity contribution in [2.24, 2.45) is 5.92 Å². The molecule has 0 bridgehead atoms. The van der Waals surface area contributed by atoms with E-state index in [9.17, 15) is 9.59 Å². The van der Waals surface area contributed by atoms with Crippen molar-refractivity contribution in [3.05, 3.63) is 48.7 Å². The molecule has 0 radical (unpaired) electrons. The molecule has 1 aromatic heterocycles. The minimum absolute atomic E-state index is 0.0446. The Morgan fingerprint density at radius 1 is 1.30 bits per heavy atom. The van der Waals surface area contributed by atoms with E-state index in [0.29, 0.717) is 32.0 Å². The summed E-state index contributed by atoms with van der Waals surface area (Å²) in [6, 6.07) is 8.46. The fourth-order valence-electron chi connectivity index (χ4n) is 3.19. The van der Waals surface area contributed by atoms with Crippen LogP contribution in [0.25, 0.3) is 10.9 Å². The maximum Gasteiger partial charge on any atom is 0.245 e. The highest BCUT2D eigenvalue weighted by molar-refractivity contribution is 5.88. The van der Waals surface area contributed by atoms with Gasteiger partial charge in [-0.25, -0.2) is 0 Å². The number of hydrogen-bond donors (Lipinski definition) is 0. The van der Waals surface area contributed by atoms with Crippen LogP contribution in [0.4, 0.5) is 0 Å². The maximum absolute atomic E-state index is 12.3. The van der Waals surface area contributed by atoms with E-state index in [4.69, 9.17) is 0 Å². The molecular weight excluding hydrogens is 288 g/mol. The van der Waals surface area contributed by atoms with Crippen LogP contribution in [0, 0.1) is 5.92 Å². The van der Waals surface area contributed by atoms with Crippen LogP contribution < -0.4 is 0 Å². The topological polar surface area (TPSA) is 42.3 Å². The molecule has 1 saturated heterocycles. The first-order valence-corrected chi connectivity index (χ1v) is 8.11. The van der Waals surface area contributed by atoms with Gasteiger partial charge in [0.2, 0.25) is 5.91 Å². The zero-order valence-electron chi connectivity index (χ0n) is 13.5. The normalized spacial score (nSPS) is 14.7. The molecule has 2 aromatic rings. The molecule has 0 spiro atoms. The van der Waals surface area contributed by atoms with Gasteiger partial charge in [0.15, 0.2) is 5.78 Å². The summed E-state index contributed by atoms with van der Waals surface area (Å²) in [5, 5.41) is 1.18. The van der Waals surface area contributed by atoms with Crippen LogP contribution >= 0.6 is 0 Å². The van der Waals surface area contributed by atoms with Crippen LogP contribution in [-0.2, 0) is 22.6 Å². The number of carbonyl (C=O) groups is 2. The van der Waals surface area contributed by atoms with Crippen LogP contribution in [-0.4, -0.2) is 34.2 Å². The summed E-state index contributed by atoms with van der Waals surface area (Å²) in [5.41, 5.74) is 2.41. The monoisotopic (exact) mass is 310 g/mol. The molecule has 4 heteroatoms. The summed E-state index contributed by atoms with van der Waals surface area (Å²) < 4.78 is 2.02. The van der Waals surface area contributed by atoms with E-state index < -0.39 is 0 Å². The van der Waals surface area contributed by atoms with Crippen molar-refractivity contribution < 1.29 is 9.59 Å². The van der Waals surface area contributed by atoms with Crippen LogP contribution in [0.1, 0.15) is 18.9 Å². The number of benzene rings is 1. The minimum atomic E-state index is -0.0446. The third-order valence-electron chi connectivity index (χ3n) is 4.55. The van der Waals surface area contributed by atoms with Gasteiger partial charge in [-0.05, 0) is 41.6 Å². The summed E-state index contributed by atoms with van der Waals surface area (Å²) >= 11 is 0. The minimum Gasteiger partial charge on any atom is -0.340 e. The van der Waals surface area contributed by atoms with E-state index in [0.717, 1.165) is 11.9 Å². The highest BCUT2D eigenvalue weighted by Crippen LogP contribution is 2.22. The van der Waals surface area contributed by atoms with Gasteiger partial charge in [-0.15, -0.1) is 0 Å². The Labute approximate surface area is 136 Å². The number of Topliss-reactive ketones (excluding diaryl/α,β-unsaturated/α-hetero) is 1. The molecule has 1 aliphatic heterocycles. The number of carbonyl (C=O) groups excluding carboxylic acids is 2. The molecule has 1 aliphatic rings. The molecule has 23 heavy (non-hydrogen) atoms. The zero-order valence-corrected chi connectivity index (χ0v) is 13.5. The highest BCUT2D eigenvalue weighted by atomic mass is 16.2. The Morgan fingerprint density at radius 3 is 2.78 bits per heavy atom. The molecule has 0 N–H and O–H groups in total. The van der Waals surface area contributed by atoms with Crippen molar-refractivity contribution in [1.82, 2.24) is 9.47 Å². The van der Waals surface area contributed by atoms with E-state index in [1.54, 1.807) is 4.90 Å². The Morgan fingerprint density at radius 2 is 2.09 bits per heavy atom. The number of likely N-dealkylation sites (tertiary alicyclic amines) is 1. The molecule has 0 saturated carbocycles. The van der Waals surface area contributed by atoms with E-state index in [-0.39, 0.29) is 11.7 Å². The fraction of sp³-hybridized carbons (Fsp3) is 0.368. The Bertz CT molecular complexity index is 754. The number of amides is 1. The first-order valence-electron chi connectivity index (χ1n) is 8.11. The standard InChI is InChI=1S/C19H22N2O2/c1-3-14-5-6-18-16(9-14)7-8-20(18)13-17(22)10-15-11-21(12-15)19(23)4-2/h4-9,15H,2-3,10-13H2,1H3. The average Bonchev–Trinajstić information content (AvgIpc) is 2.91. The third kappa shape index (κ3) is 3.21. The van der Waals surface area contributed by atoms with Crippen LogP contribution in [0.15, 0.2) is 43.1 Å². The van der Waals surface area contributed by atoms with Gasteiger partial charge in [0, 0.05) is 37.1 Å². The first kappa shape index (κ1) is 15.5. The van der Waals surface area contributed by atoms with E-state index in [2.05, 4.69) is 37.8 Å². The van der Waals surface area contributed by atoms with E-state index in [1.165, 1.54) is 17.0 Å². The number of aromatic nitrogens is 1. The van der Waals surface area contributed by atoms with Crippen molar-refractivity contribution in [2.75, 3.05) is 13.1 Å². The first-order chi connectivity index (χ1) is 11.1. The van der Waals surface area contributed by atoms with Gasteiger partial charge in [0.1, 0.15) is 0 Å². The van der Waals surface area contributed by atoms with Crippen molar-refractivity contribution in [1.29, 1.82) is 0 Å². The molecule has 4 nitrogen and oxygen atoms in total. The summed E-state index contributed by atoms with van der Waals surface area (Å²) in [5.74, 6) is 0.467. The molecule has 0 unspecified atom stereocenters. The lowest BCUT2D eigenvalue weighted by Gasteiger charge is -2.38. The molecule has 1 fully saturated rings. The van der Waals surface area contributed by atoms with Gasteiger partial charge in [-0.3, -0.25) is 9.59 Å². The van der Waals surface area contributed by atoms with Crippen molar-refractivity contribution in [2.45, 2.75) is 26.3 Å². The number of fused-ring (bicyclic) bond motifs is 1. The van der Waals surface area contributed by atoms with Gasteiger partial charge in [0.25, 0.3) is 0 Å². The molecular formula is C19H22N2O2. The Balaban J connectivity index is 1.59. The number of hydrogen-bond acceptors (Lipinski definition) is 2.